The highest BCUT2D eigenvalue weighted by atomic mass is 16.5. The Balaban J connectivity index is 1.87. The lowest BCUT2D eigenvalue weighted by Crippen LogP contribution is -2.60. The Hall–Kier alpha value is -2.61. The summed E-state index contributed by atoms with van der Waals surface area (Å²) in [6, 6.07) is 6.14. The maximum atomic E-state index is 13.7. The van der Waals surface area contributed by atoms with Gasteiger partial charge in [-0.2, -0.15) is 0 Å². The van der Waals surface area contributed by atoms with Gasteiger partial charge in [-0.05, 0) is 38.0 Å². The van der Waals surface area contributed by atoms with Crippen LogP contribution in [0.4, 0.5) is 0 Å². The number of likely N-dealkylation sites (tertiary alicyclic amines) is 1. The summed E-state index contributed by atoms with van der Waals surface area (Å²) in [5, 5.41) is 2.91. The molecule has 0 aliphatic carbocycles. The lowest BCUT2D eigenvalue weighted by atomic mass is 9.95. The van der Waals surface area contributed by atoms with Crippen molar-refractivity contribution in [3.63, 3.8) is 0 Å². The molecule has 2 heterocycles. The number of ether oxygens (including phenoxy) is 2. The quantitative estimate of drug-likeness (QED) is 0.727. The summed E-state index contributed by atoms with van der Waals surface area (Å²) in [6.07, 6.45) is 1.44. The number of carbonyl (C=O) groups excluding carboxylic acids is 3. The number of nitrogens with zero attached hydrogens (tertiary/aromatic N) is 2. The summed E-state index contributed by atoms with van der Waals surface area (Å²) in [6.45, 7) is 8.94. The third-order valence-electron chi connectivity index (χ3n) is 6.01. The van der Waals surface area contributed by atoms with Gasteiger partial charge in [0.15, 0.2) is 0 Å². The Bertz CT molecular complexity index is 846. The van der Waals surface area contributed by atoms with E-state index in [1.54, 1.807) is 36.3 Å². The first kappa shape index (κ1) is 24.0. The third kappa shape index (κ3) is 5.06. The van der Waals surface area contributed by atoms with Gasteiger partial charge in [0.25, 0.3) is 5.91 Å². The molecule has 8 nitrogen and oxygen atoms in total. The lowest BCUT2D eigenvalue weighted by molar-refractivity contribution is -0.144. The van der Waals surface area contributed by atoms with Gasteiger partial charge < -0.3 is 19.7 Å². The van der Waals surface area contributed by atoms with Gasteiger partial charge in [-0.3, -0.25) is 19.3 Å². The van der Waals surface area contributed by atoms with Crippen LogP contribution in [-0.4, -0.2) is 72.1 Å². The first-order chi connectivity index (χ1) is 15.2. The van der Waals surface area contributed by atoms with Gasteiger partial charge in [0, 0.05) is 44.0 Å². The summed E-state index contributed by atoms with van der Waals surface area (Å²) in [5.74, 6) is 0.477. The van der Waals surface area contributed by atoms with Crippen LogP contribution in [-0.2, 0) is 14.3 Å². The van der Waals surface area contributed by atoms with E-state index in [2.05, 4.69) is 5.32 Å². The van der Waals surface area contributed by atoms with E-state index in [4.69, 9.17) is 9.47 Å². The van der Waals surface area contributed by atoms with Gasteiger partial charge in [-0.25, -0.2) is 0 Å². The Kier molecular flexibility index (Phi) is 7.44. The molecule has 0 bridgehead atoms. The van der Waals surface area contributed by atoms with Crippen LogP contribution in [0.3, 0.4) is 0 Å². The normalized spacial score (nSPS) is 20.2. The SMILES string of the molecule is COc1cccc(C(=O)N2C(C(=O)NC(C)C)COC23CCN(C(=O)CC(C)C)CC3)c1. The van der Waals surface area contributed by atoms with Crippen LogP contribution in [0.2, 0.25) is 0 Å². The topological polar surface area (TPSA) is 88.2 Å². The zero-order valence-electron chi connectivity index (χ0n) is 19.7. The Morgan fingerprint density at radius 3 is 2.47 bits per heavy atom. The number of benzene rings is 1. The van der Waals surface area contributed by atoms with Crippen molar-refractivity contribution in [2.24, 2.45) is 5.92 Å². The molecule has 2 fully saturated rings. The molecule has 32 heavy (non-hydrogen) atoms. The molecular weight excluding hydrogens is 410 g/mol. The van der Waals surface area contributed by atoms with Crippen molar-refractivity contribution in [1.29, 1.82) is 0 Å². The Morgan fingerprint density at radius 2 is 1.88 bits per heavy atom. The monoisotopic (exact) mass is 445 g/mol. The fraction of sp³-hybridized carbons (Fsp3) is 0.625. The van der Waals surface area contributed by atoms with Crippen molar-refractivity contribution >= 4 is 17.7 Å². The van der Waals surface area contributed by atoms with Crippen molar-refractivity contribution in [2.75, 3.05) is 26.8 Å². The van der Waals surface area contributed by atoms with Crippen LogP contribution in [0.1, 0.15) is 57.3 Å². The zero-order valence-corrected chi connectivity index (χ0v) is 19.7. The van der Waals surface area contributed by atoms with Crippen molar-refractivity contribution in [2.45, 2.75) is 64.8 Å². The number of methoxy groups -OCH3 is 1. The predicted octanol–water partition coefficient (Wildman–Crippen LogP) is 2.43. The van der Waals surface area contributed by atoms with Crippen LogP contribution < -0.4 is 10.1 Å². The molecule has 8 heteroatoms. The van der Waals surface area contributed by atoms with Gasteiger partial charge in [-0.1, -0.05) is 19.9 Å². The van der Waals surface area contributed by atoms with E-state index in [-0.39, 0.29) is 36.3 Å². The van der Waals surface area contributed by atoms with E-state index < -0.39 is 11.8 Å². The summed E-state index contributed by atoms with van der Waals surface area (Å²) < 4.78 is 11.5. The number of nitrogens with one attached hydrogen (secondary N) is 1. The van der Waals surface area contributed by atoms with E-state index in [1.807, 2.05) is 32.6 Å². The number of hydrogen-bond acceptors (Lipinski definition) is 5. The summed E-state index contributed by atoms with van der Waals surface area (Å²) in [4.78, 5) is 42.6. The first-order valence-electron chi connectivity index (χ1n) is 11.4. The maximum absolute atomic E-state index is 13.7. The van der Waals surface area contributed by atoms with E-state index in [1.165, 1.54) is 0 Å². The van der Waals surface area contributed by atoms with Gasteiger partial charge in [0.1, 0.15) is 17.5 Å². The molecular formula is C24H35N3O5. The summed E-state index contributed by atoms with van der Waals surface area (Å²) >= 11 is 0. The van der Waals surface area contributed by atoms with Crippen molar-refractivity contribution in [1.82, 2.24) is 15.1 Å². The van der Waals surface area contributed by atoms with E-state index >= 15 is 0 Å². The number of rotatable bonds is 6. The van der Waals surface area contributed by atoms with Crippen LogP contribution in [0.15, 0.2) is 24.3 Å². The Labute approximate surface area is 190 Å². The molecule has 1 aromatic carbocycles. The lowest BCUT2D eigenvalue weighted by Gasteiger charge is -2.44. The third-order valence-corrected chi connectivity index (χ3v) is 6.01. The molecule has 2 aliphatic rings. The second-order valence-electron chi connectivity index (χ2n) is 9.32. The number of piperidine rings is 1. The molecule has 0 radical (unpaired) electrons. The maximum Gasteiger partial charge on any atom is 0.257 e. The molecule has 1 N–H and O–H groups in total. The fourth-order valence-corrected chi connectivity index (χ4v) is 4.43. The molecule has 3 rings (SSSR count). The molecule has 2 aliphatic heterocycles. The number of hydrogen-bond donors (Lipinski definition) is 1. The summed E-state index contributed by atoms with van der Waals surface area (Å²) in [7, 11) is 1.55. The number of amides is 3. The van der Waals surface area contributed by atoms with Gasteiger partial charge in [0.05, 0.1) is 13.7 Å². The molecule has 0 aromatic heterocycles. The van der Waals surface area contributed by atoms with E-state index in [0.29, 0.717) is 43.7 Å². The van der Waals surface area contributed by atoms with Crippen LogP contribution in [0.5, 0.6) is 5.75 Å². The molecule has 1 aromatic rings. The van der Waals surface area contributed by atoms with Crippen molar-refractivity contribution in [3.8, 4) is 5.75 Å². The minimum atomic E-state index is -0.909. The van der Waals surface area contributed by atoms with Crippen LogP contribution >= 0.6 is 0 Å². The van der Waals surface area contributed by atoms with Crippen LogP contribution in [0.25, 0.3) is 0 Å². The van der Waals surface area contributed by atoms with Crippen molar-refractivity contribution < 1.29 is 23.9 Å². The molecule has 176 valence electrons. The molecule has 0 saturated carbocycles. The van der Waals surface area contributed by atoms with E-state index in [9.17, 15) is 14.4 Å². The second kappa shape index (κ2) is 9.90. The van der Waals surface area contributed by atoms with Gasteiger partial charge >= 0.3 is 0 Å². The fourth-order valence-electron chi connectivity index (χ4n) is 4.43. The first-order valence-corrected chi connectivity index (χ1v) is 11.4. The predicted molar refractivity (Wildman–Crippen MR) is 120 cm³/mol. The zero-order chi connectivity index (χ0) is 23.5. The average Bonchev–Trinajstić information content (AvgIpc) is 3.11. The Morgan fingerprint density at radius 1 is 1.19 bits per heavy atom. The smallest absolute Gasteiger partial charge is 0.257 e. The van der Waals surface area contributed by atoms with Gasteiger partial charge in [-0.15, -0.1) is 0 Å². The second-order valence-corrected chi connectivity index (χ2v) is 9.32. The van der Waals surface area contributed by atoms with Gasteiger partial charge in [0.2, 0.25) is 11.8 Å². The highest BCUT2D eigenvalue weighted by Gasteiger charge is 2.54. The minimum Gasteiger partial charge on any atom is -0.497 e. The van der Waals surface area contributed by atoms with E-state index in [0.717, 1.165) is 0 Å². The minimum absolute atomic E-state index is 0.0525. The average molecular weight is 446 g/mol. The highest BCUT2D eigenvalue weighted by Crippen LogP contribution is 2.39. The molecule has 1 unspecified atom stereocenters. The molecule has 3 amide bonds. The van der Waals surface area contributed by atoms with Crippen LogP contribution in [0, 0.1) is 5.92 Å². The molecule has 1 spiro atoms. The largest absolute Gasteiger partial charge is 0.497 e. The molecule has 2 saturated heterocycles. The van der Waals surface area contributed by atoms with Crippen molar-refractivity contribution in [3.05, 3.63) is 29.8 Å². The highest BCUT2D eigenvalue weighted by molar-refractivity contribution is 5.98. The standard InChI is InChI=1S/C24H35N3O5/c1-16(2)13-21(28)26-11-9-24(10-12-26)27(20(15-32-24)22(29)25-17(3)4)23(30)18-7-6-8-19(14-18)31-5/h6-8,14,16-17,20H,9-13,15H2,1-5H3,(H,25,29). The summed E-state index contributed by atoms with van der Waals surface area (Å²) in [5.41, 5.74) is -0.469. The molecule has 1 atom stereocenters. The number of carbonyl (C=O) groups is 3.